The van der Waals surface area contributed by atoms with Crippen LogP contribution in [-0.2, 0) is 6.54 Å². The number of thiazole rings is 1. The highest BCUT2D eigenvalue weighted by Crippen LogP contribution is 2.29. The summed E-state index contributed by atoms with van der Waals surface area (Å²) in [6.45, 7) is 10.9. The molecule has 1 fully saturated rings. The van der Waals surface area contributed by atoms with Gasteiger partial charge in [-0.2, -0.15) is 0 Å². The van der Waals surface area contributed by atoms with Crippen LogP contribution in [-0.4, -0.2) is 23.6 Å². The first-order chi connectivity index (χ1) is 8.65. The van der Waals surface area contributed by atoms with Gasteiger partial charge in [-0.05, 0) is 40.0 Å². The number of nitrogens with one attached hydrogen (secondary N) is 1. The van der Waals surface area contributed by atoms with E-state index in [4.69, 9.17) is 4.98 Å². The molecule has 2 rings (SSSR count). The highest BCUT2D eigenvalue weighted by Gasteiger charge is 2.22. The fourth-order valence-electron chi connectivity index (χ4n) is 2.08. The van der Waals surface area contributed by atoms with Crippen LogP contribution in [0.2, 0.25) is 0 Å². The molecule has 0 amide bonds. The van der Waals surface area contributed by atoms with Crippen LogP contribution in [0, 0.1) is 6.92 Å². The molecule has 0 bridgehead atoms. The van der Waals surface area contributed by atoms with Gasteiger partial charge < -0.3 is 10.2 Å². The van der Waals surface area contributed by atoms with E-state index >= 15 is 0 Å². The molecule has 18 heavy (non-hydrogen) atoms. The van der Waals surface area contributed by atoms with Crippen molar-refractivity contribution < 1.29 is 0 Å². The number of aromatic nitrogens is 1. The van der Waals surface area contributed by atoms with Gasteiger partial charge in [0, 0.05) is 30.1 Å². The van der Waals surface area contributed by atoms with E-state index in [0.29, 0.717) is 6.04 Å². The van der Waals surface area contributed by atoms with E-state index in [1.165, 1.54) is 35.0 Å². The molecule has 3 nitrogen and oxygen atoms in total. The Morgan fingerprint density at radius 1 is 1.44 bits per heavy atom. The van der Waals surface area contributed by atoms with E-state index in [0.717, 1.165) is 19.1 Å². The first kappa shape index (κ1) is 13.8. The second-order valence-electron chi connectivity index (χ2n) is 5.20. The first-order valence-corrected chi connectivity index (χ1v) is 7.93. The largest absolute Gasteiger partial charge is 0.346 e. The summed E-state index contributed by atoms with van der Waals surface area (Å²) in [4.78, 5) is 8.57. The van der Waals surface area contributed by atoms with Crippen LogP contribution in [0.3, 0.4) is 0 Å². The van der Waals surface area contributed by atoms with Gasteiger partial charge >= 0.3 is 0 Å². The maximum Gasteiger partial charge on any atom is 0.186 e. The number of rotatable bonds is 7. The van der Waals surface area contributed by atoms with E-state index < -0.39 is 0 Å². The van der Waals surface area contributed by atoms with Gasteiger partial charge in [0.15, 0.2) is 5.13 Å². The van der Waals surface area contributed by atoms with E-state index in [9.17, 15) is 0 Å². The highest BCUT2D eigenvalue weighted by molar-refractivity contribution is 7.15. The summed E-state index contributed by atoms with van der Waals surface area (Å²) in [5, 5.41) is 4.77. The second kappa shape index (κ2) is 6.02. The van der Waals surface area contributed by atoms with E-state index in [1.54, 1.807) is 0 Å². The van der Waals surface area contributed by atoms with Gasteiger partial charge in [-0.1, -0.05) is 6.92 Å². The van der Waals surface area contributed by atoms with Crippen LogP contribution in [0.1, 0.15) is 50.6 Å². The summed E-state index contributed by atoms with van der Waals surface area (Å²) >= 11 is 1.86. The van der Waals surface area contributed by atoms with Crippen LogP contribution in [0.5, 0.6) is 0 Å². The van der Waals surface area contributed by atoms with Crippen molar-refractivity contribution in [2.75, 3.05) is 11.4 Å². The zero-order valence-corrected chi connectivity index (χ0v) is 12.8. The molecule has 1 saturated carbocycles. The number of nitrogens with zero attached hydrogens (tertiary/aromatic N) is 2. The second-order valence-corrected chi connectivity index (χ2v) is 6.27. The normalized spacial score (nSPS) is 16.9. The molecule has 1 aromatic rings. The Morgan fingerprint density at radius 2 is 2.17 bits per heavy atom. The lowest BCUT2D eigenvalue weighted by Crippen LogP contribution is -2.32. The van der Waals surface area contributed by atoms with E-state index in [2.05, 4.69) is 37.9 Å². The quantitative estimate of drug-likeness (QED) is 0.821. The Morgan fingerprint density at radius 3 is 2.72 bits per heavy atom. The molecule has 1 aliphatic carbocycles. The summed E-state index contributed by atoms with van der Waals surface area (Å²) in [6, 6.07) is 1.34. The first-order valence-electron chi connectivity index (χ1n) is 7.12. The predicted molar refractivity (Wildman–Crippen MR) is 79.5 cm³/mol. The van der Waals surface area contributed by atoms with Gasteiger partial charge in [-0.3, -0.25) is 0 Å². The Labute approximate surface area is 115 Å². The van der Waals surface area contributed by atoms with Crippen molar-refractivity contribution in [1.82, 2.24) is 10.3 Å². The lowest BCUT2D eigenvalue weighted by atomic mass is 10.2. The van der Waals surface area contributed by atoms with Gasteiger partial charge in [0.2, 0.25) is 0 Å². The minimum atomic E-state index is 0.574. The molecule has 0 aliphatic heterocycles. The van der Waals surface area contributed by atoms with Crippen molar-refractivity contribution in [3.63, 3.8) is 0 Å². The standard InChI is InChI=1S/C14H25N3S/c1-5-10(3)17(6-2)14-16-11(4)13(18-14)9-15-12-7-8-12/h10,12,15H,5-9H2,1-4H3. The van der Waals surface area contributed by atoms with Crippen LogP contribution in [0.4, 0.5) is 5.13 Å². The van der Waals surface area contributed by atoms with Crippen LogP contribution in [0.25, 0.3) is 0 Å². The maximum absolute atomic E-state index is 4.75. The average Bonchev–Trinajstić information content (AvgIpc) is 3.12. The van der Waals surface area contributed by atoms with Gasteiger partial charge in [-0.15, -0.1) is 11.3 Å². The van der Waals surface area contributed by atoms with Gasteiger partial charge in [0.25, 0.3) is 0 Å². The molecule has 1 N–H and O–H groups in total. The molecule has 0 saturated heterocycles. The predicted octanol–water partition coefficient (Wildman–Crippen LogP) is 3.33. The molecule has 1 heterocycles. The molecule has 102 valence electrons. The summed E-state index contributed by atoms with van der Waals surface area (Å²) in [5.74, 6) is 0. The number of hydrogen-bond acceptors (Lipinski definition) is 4. The van der Waals surface area contributed by atoms with E-state index in [-0.39, 0.29) is 0 Å². The minimum Gasteiger partial charge on any atom is -0.346 e. The number of hydrogen-bond donors (Lipinski definition) is 1. The molecule has 1 atom stereocenters. The average molecular weight is 267 g/mol. The zero-order valence-electron chi connectivity index (χ0n) is 12.0. The monoisotopic (exact) mass is 267 g/mol. The number of anilines is 1. The molecule has 1 aromatic heterocycles. The lowest BCUT2D eigenvalue weighted by molar-refractivity contribution is 0.628. The van der Waals surface area contributed by atoms with Crippen molar-refractivity contribution in [2.24, 2.45) is 0 Å². The molecule has 1 unspecified atom stereocenters. The topological polar surface area (TPSA) is 28.2 Å². The fraction of sp³-hybridized carbons (Fsp3) is 0.786. The number of aryl methyl sites for hydroxylation is 1. The van der Waals surface area contributed by atoms with Crippen molar-refractivity contribution in [3.8, 4) is 0 Å². The molecule has 1 aliphatic rings. The Hall–Kier alpha value is -0.610. The molecular formula is C14H25N3S. The zero-order chi connectivity index (χ0) is 13.1. The van der Waals surface area contributed by atoms with Gasteiger partial charge in [-0.25, -0.2) is 4.98 Å². The third kappa shape index (κ3) is 3.23. The van der Waals surface area contributed by atoms with Crippen molar-refractivity contribution >= 4 is 16.5 Å². The molecule has 4 heteroatoms. The maximum atomic E-state index is 4.75. The molecular weight excluding hydrogens is 242 g/mol. The lowest BCUT2D eigenvalue weighted by Gasteiger charge is -2.26. The highest BCUT2D eigenvalue weighted by atomic mass is 32.1. The van der Waals surface area contributed by atoms with Crippen molar-refractivity contribution in [2.45, 2.75) is 65.6 Å². The minimum absolute atomic E-state index is 0.574. The van der Waals surface area contributed by atoms with Crippen molar-refractivity contribution in [1.29, 1.82) is 0 Å². The van der Waals surface area contributed by atoms with Crippen LogP contribution < -0.4 is 10.2 Å². The molecule has 0 radical (unpaired) electrons. The van der Waals surface area contributed by atoms with Crippen LogP contribution >= 0.6 is 11.3 Å². The molecule has 0 spiro atoms. The summed E-state index contributed by atoms with van der Waals surface area (Å²) in [5.41, 5.74) is 1.20. The summed E-state index contributed by atoms with van der Waals surface area (Å²) in [6.07, 6.45) is 3.86. The SMILES string of the molecule is CCC(C)N(CC)c1nc(C)c(CNC2CC2)s1. The fourth-order valence-corrected chi connectivity index (χ4v) is 3.26. The van der Waals surface area contributed by atoms with Gasteiger partial charge in [0.1, 0.15) is 0 Å². The van der Waals surface area contributed by atoms with Crippen LogP contribution in [0.15, 0.2) is 0 Å². The smallest absolute Gasteiger partial charge is 0.186 e. The third-order valence-electron chi connectivity index (χ3n) is 3.72. The summed E-state index contributed by atoms with van der Waals surface area (Å²) in [7, 11) is 0. The molecule has 0 aromatic carbocycles. The Kier molecular flexibility index (Phi) is 4.62. The van der Waals surface area contributed by atoms with Gasteiger partial charge in [0.05, 0.1) is 5.69 Å². The van der Waals surface area contributed by atoms with E-state index in [1.807, 2.05) is 11.3 Å². The Balaban J connectivity index is 2.05. The Bertz CT molecular complexity index is 384. The summed E-state index contributed by atoms with van der Waals surface area (Å²) < 4.78 is 0. The van der Waals surface area contributed by atoms with Crippen molar-refractivity contribution in [3.05, 3.63) is 10.6 Å². The third-order valence-corrected chi connectivity index (χ3v) is 4.91.